The van der Waals surface area contributed by atoms with Crippen molar-refractivity contribution in [3.63, 3.8) is 0 Å². The highest BCUT2D eigenvalue weighted by Gasteiger charge is 2.41. The summed E-state index contributed by atoms with van der Waals surface area (Å²) in [7, 11) is 0. The third kappa shape index (κ3) is 3.27. The Kier molecular flexibility index (Phi) is 4.50. The standard InChI is InChI=1S/C20H11FN4O6/c1-10-6-12(21)2-5-16(10)22-20-15-8-11-7-13(23(26)27)3-4-14(11)19(15)17(24(28)29)9-18(20)25(30)31/h2-9H,1H3. The van der Waals surface area contributed by atoms with E-state index in [-0.39, 0.29) is 28.2 Å². The summed E-state index contributed by atoms with van der Waals surface area (Å²) >= 11 is 0. The molecule has 2 aliphatic carbocycles. The minimum absolute atomic E-state index is 0.0824. The molecule has 10 nitrogen and oxygen atoms in total. The summed E-state index contributed by atoms with van der Waals surface area (Å²) in [5.41, 5.74) is -0.0304. The molecule has 11 heteroatoms. The van der Waals surface area contributed by atoms with Crippen molar-refractivity contribution in [2.24, 2.45) is 4.99 Å². The Morgan fingerprint density at radius 3 is 2.26 bits per heavy atom. The van der Waals surface area contributed by atoms with E-state index in [0.717, 1.165) is 12.1 Å². The number of nitro groups is 3. The Morgan fingerprint density at radius 2 is 1.65 bits per heavy atom. The van der Waals surface area contributed by atoms with Gasteiger partial charge in [0.25, 0.3) is 11.4 Å². The van der Waals surface area contributed by atoms with Gasteiger partial charge in [0, 0.05) is 17.7 Å². The minimum Gasteiger partial charge on any atom is -0.258 e. The maximum absolute atomic E-state index is 13.5. The SMILES string of the molecule is Cc1cc(F)ccc1N=C1C2=Cc3cc([N+](=O)[O-])ccc3C2=C([N+](=O)[O-])C=C1[N+](=O)[O-]. The summed E-state index contributed by atoms with van der Waals surface area (Å²) in [6.45, 7) is 1.57. The van der Waals surface area contributed by atoms with Gasteiger partial charge in [-0.15, -0.1) is 0 Å². The van der Waals surface area contributed by atoms with Crippen LogP contribution in [0.4, 0.5) is 15.8 Å². The number of aryl methyl sites for hydroxylation is 1. The number of hydrogen-bond acceptors (Lipinski definition) is 7. The van der Waals surface area contributed by atoms with Crippen LogP contribution >= 0.6 is 0 Å². The first kappa shape index (κ1) is 19.8. The van der Waals surface area contributed by atoms with E-state index in [1.807, 2.05) is 0 Å². The molecule has 0 N–H and O–H groups in total. The number of halogens is 1. The lowest BCUT2D eigenvalue weighted by Crippen LogP contribution is -2.20. The lowest BCUT2D eigenvalue weighted by atomic mass is 9.91. The normalized spacial score (nSPS) is 15.9. The molecule has 0 fully saturated rings. The van der Waals surface area contributed by atoms with Gasteiger partial charge in [0.1, 0.15) is 11.5 Å². The van der Waals surface area contributed by atoms with Crippen molar-refractivity contribution in [3.05, 3.63) is 112 Å². The van der Waals surface area contributed by atoms with Crippen LogP contribution in [0.5, 0.6) is 0 Å². The molecule has 0 unspecified atom stereocenters. The fourth-order valence-electron chi connectivity index (χ4n) is 3.52. The van der Waals surface area contributed by atoms with Gasteiger partial charge in [-0.2, -0.15) is 0 Å². The fourth-order valence-corrected chi connectivity index (χ4v) is 3.52. The second kappa shape index (κ2) is 7.06. The largest absolute Gasteiger partial charge is 0.302 e. The zero-order valence-corrected chi connectivity index (χ0v) is 15.7. The van der Waals surface area contributed by atoms with E-state index in [2.05, 4.69) is 4.99 Å². The Labute approximate surface area is 172 Å². The zero-order chi connectivity index (χ0) is 22.4. The highest BCUT2D eigenvalue weighted by molar-refractivity contribution is 6.28. The summed E-state index contributed by atoms with van der Waals surface area (Å²) in [5, 5.41) is 34.5. The van der Waals surface area contributed by atoms with Gasteiger partial charge in [-0.3, -0.25) is 30.3 Å². The topological polar surface area (TPSA) is 142 Å². The predicted octanol–water partition coefficient (Wildman–Crippen LogP) is 4.37. The molecule has 0 saturated carbocycles. The molecular weight excluding hydrogens is 411 g/mol. The molecule has 31 heavy (non-hydrogen) atoms. The first-order valence-corrected chi connectivity index (χ1v) is 8.78. The number of nitro benzene ring substituents is 1. The van der Waals surface area contributed by atoms with Gasteiger partial charge in [-0.05, 0) is 54.0 Å². The number of rotatable bonds is 4. The van der Waals surface area contributed by atoms with Crippen LogP contribution in [0.3, 0.4) is 0 Å². The molecule has 154 valence electrons. The van der Waals surface area contributed by atoms with Gasteiger partial charge in [0.2, 0.25) is 0 Å². The number of aliphatic imine (C=N–C) groups is 1. The second-order valence-electron chi connectivity index (χ2n) is 6.78. The molecule has 0 atom stereocenters. The molecule has 0 spiro atoms. The van der Waals surface area contributed by atoms with Gasteiger partial charge >= 0.3 is 5.70 Å². The summed E-state index contributed by atoms with van der Waals surface area (Å²) < 4.78 is 13.5. The van der Waals surface area contributed by atoms with Crippen molar-refractivity contribution in [3.8, 4) is 0 Å². The van der Waals surface area contributed by atoms with Crippen molar-refractivity contribution in [1.82, 2.24) is 0 Å². The summed E-state index contributed by atoms with van der Waals surface area (Å²) in [6.07, 6.45) is 2.22. The molecule has 0 heterocycles. The molecule has 2 aliphatic rings. The van der Waals surface area contributed by atoms with E-state index in [4.69, 9.17) is 0 Å². The van der Waals surface area contributed by atoms with Crippen LogP contribution in [-0.4, -0.2) is 20.5 Å². The van der Waals surface area contributed by atoms with Crippen molar-refractivity contribution in [2.75, 3.05) is 0 Å². The fraction of sp³-hybridized carbons (Fsp3) is 0.0500. The van der Waals surface area contributed by atoms with Crippen molar-refractivity contribution < 1.29 is 19.2 Å². The van der Waals surface area contributed by atoms with Crippen LogP contribution in [-0.2, 0) is 0 Å². The van der Waals surface area contributed by atoms with Crippen molar-refractivity contribution in [2.45, 2.75) is 6.92 Å². The molecule has 0 aromatic heterocycles. The maximum atomic E-state index is 13.5. The first-order valence-electron chi connectivity index (χ1n) is 8.78. The van der Waals surface area contributed by atoms with Crippen molar-refractivity contribution in [1.29, 1.82) is 0 Å². The molecule has 0 radical (unpaired) electrons. The smallest absolute Gasteiger partial charge is 0.258 e. The number of hydrogen-bond donors (Lipinski definition) is 0. The summed E-state index contributed by atoms with van der Waals surface area (Å²) in [6, 6.07) is 7.49. The molecule has 0 amide bonds. The first-order chi connectivity index (χ1) is 14.7. The van der Waals surface area contributed by atoms with Crippen LogP contribution in [0.2, 0.25) is 0 Å². The minimum atomic E-state index is -0.787. The lowest BCUT2D eigenvalue weighted by Gasteiger charge is -2.14. The van der Waals surface area contributed by atoms with Gasteiger partial charge in [-0.1, -0.05) is 0 Å². The predicted molar refractivity (Wildman–Crippen MR) is 108 cm³/mol. The van der Waals surface area contributed by atoms with Gasteiger partial charge in [0.15, 0.2) is 0 Å². The van der Waals surface area contributed by atoms with E-state index < -0.39 is 32.0 Å². The molecule has 2 aromatic carbocycles. The van der Waals surface area contributed by atoms with Crippen LogP contribution in [0, 0.1) is 43.1 Å². The van der Waals surface area contributed by atoms with E-state index >= 15 is 0 Å². The van der Waals surface area contributed by atoms with E-state index in [1.165, 1.54) is 36.4 Å². The molecular formula is C20H11FN4O6. The Morgan fingerprint density at radius 1 is 0.903 bits per heavy atom. The number of fused-ring (bicyclic) bond motifs is 3. The molecule has 0 saturated heterocycles. The van der Waals surface area contributed by atoms with Crippen molar-refractivity contribution >= 4 is 28.7 Å². The second-order valence-corrected chi connectivity index (χ2v) is 6.78. The lowest BCUT2D eigenvalue weighted by molar-refractivity contribution is -0.428. The maximum Gasteiger partial charge on any atom is 0.302 e. The highest BCUT2D eigenvalue weighted by Crippen LogP contribution is 2.44. The van der Waals surface area contributed by atoms with Crippen LogP contribution in [0.15, 0.2) is 64.4 Å². The Hall–Kier alpha value is -4.54. The van der Waals surface area contributed by atoms with Crippen LogP contribution in [0.25, 0.3) is 11.6 Å². The molecule has 0 aliphatic heterocycles. The van der Waals surface area contributed by atoms with Gasteiger partial charge in [0.05, 0.1) is 32.1 Å². The number of allylic oxidation sites excluding steroid dienone is 3. The third-order valence-corrected chi connectivity index (χ3v) is 4.90. The quantitative estimate of drug-likeness (QED) is 0.529. The Balaban J connectivity index is 2.01. The molecule has 4 rings (SSSR count). The summed E-state index contributed by atoms with van der Waals surface area (Å²) in [5.74, 6) is -0.508. The van der Waals surface area contributed by atoms with Crippen LogP contribution < -0.4 is 0 Å². The zero-order valence-electron chi connectivity index (χ0n) is 15.7. The average Bonchev–Trinajstić information content (AvgIpc) is 3.08. The molecule has 0 bridgehead atoms. The highest BCUT2D eigenvalue weighted by atomic mass is 19.1. The number of non-ortho nitro benzene ring substituents is 1. The van der Waals surface area contributed by atoms with E-state index in [1.54, 1.807) is 6.92 Å². The van der Waals surface area contributed by atoms with Gasteiger partial charge in [-0.25, -0.2) is 9.38 Å². The average molecular weight is 422 g/mol. The Bertz CT molecular complexity index is 1340. The monoisotopic (exact) mass is 422 g/mol. The molecule has 2 aromatic rings. The number of nitrogens with zero attached hydrogens (tertiary/aromatic N) is 4. The van der Waals surface area contributed by atoms with Gasteiger partial charge < -0.3 is 0 Å². The summed E-state index contributed by atoms with van der Waals surface area (Å²) in [4.78, 5) is 36.7. The number of benzene rings is 2. The van der Waals surface area contributed by atoms with Crippen LogP contribution in [0.1, 0.15) is 16.7 Å². The third-order valence-electron chi connectivity index (χ3n) is 4.90. The van der Waals surface area contributed by atoms with E-state index in [9.17, 15) is 34.7 Å². The van der Waals surface area contributed by atoms with E-state index in [0.29, 0.717) is 16.7 Å².